The standard InChI is InChI=1S/C21H16FN3O2/c22-17-12-10-16(11-13-17)20(26)24-19-9-5-4-8-18(19)21(27)25-23-14-15-6-2-1-3-7-15/h1-14H,(H,24,26)(H,25,27)/b23-14+. The van der Waals surface area contributed by atoms with Gasteiger partial charge in [0.1, 0.15) is 5.82 Å². The lowest BCUT2D eigenvalue weighted by molar-refractivity contribution is 0.0956. The van der Waals surface area contributed by atoms with Crippen LogP contribution in [0, 0.1) is 5.82 Å². The molecule has 0 spiro atoms. The Balaban J connectivity index is 1.71. The van der Waals surface area contributed by atoms with Crippen molar-refractivity contribution in [3.63, 3.8) is 0 Å². The fraction of sp³-hybridized carbons (Fsp3) is 0. The van der Waals surface area contributed by atoms with Crippen LogP contribution in [0.1, 0.15) is 26.3 Å². The Morgan fingerprint density at radius 1 is 0.815 bits per heavy atom. The van der Waals surface area contributed by atoms with Crippen molar-refractivity contribution in [1.82, 2.24) is 5.43 Å². The Labute approximate surface area is 155 Å². The van der Waals surface area contributed by atoms with E-state index in [-0.39, 0.29) is 11.1 Å². The summed E-state index contributed by atoms with van der Waals surface area (Å²) in [6.07, 6.45) is 1.53. The minimum absolute atomic E-state index is 0.262. The molecule has 0 fully saturated rings. The van der Waals surface area contributed by atoms with E-state index in [0.717, 1.165) is 5.56 Å². The van der Waals surface area contributed by atoms with Crippen molar-refractivity contribution in [2.45, 2.75) is 0 Å². The van der Waals surface area contributed by atoms with Gasteiger partial charge in [-0.05, 0) is 42.0 Å². The number of nitrogens with zero attached hydrogens (tertiary/aromatic N) is 1. The van der Waals surface area contributed by atoms with Crippen LogP contribution in [0.15, 0.2) is 84.0 Å². The molecule has 0 unspecified atom stereocenters. The Hall–Kier alpha value is -3.80. The van der Waals surface area contributed by atoms with Gasteiger partial charge < -0.3 is 5.32 Å². The van der Waals surface area contributed by atoms with Gasteiger partial charge >= 0.3 is 0 Å². The van der Waals surface area contributed by atoms with Crippen LogP contribution in [0.5, 0.6) is 0 Å². The second-order valence-corrected chi connectivity index (χ2v) is 5.62. The van der Waals surface area contributed by atoms with E-state index in [0.29, 0.717) is 5.69 Å². The number of rotatable bonds is 5. The molecule has 2 amide bonds. The molecule has 0 aliphatic heterocycles. The first kappa shape index (κ1) is 18.0. The molecule has 0 saturated heterocycles. The van der Waals surface area contributed by atoms with Gasteiger partial charge in [0.05, 0.1) is 17.5 Å². The van der Waals surface area contributed by atoms with Crippen LogP contribution >= 0.6 is 0 Å². The molecule has 134 valence electrons. The third-order valence-corrected chi connectivity index (χ3v) is 3.71. The van der Waals surface area contributed by atoms with Crippen LogP contribution in [0.2, 0.25) is 0 Å². The van der Waals surface area contributed by atoms with Gasteiger partial charge in [0.25, 0.3) is 11.8 Å². The molecule has 2 N–H and O–H groups in total. The summed E-state index contributed by atoms with van der Waals surface area (Å²) in [5, 5.41) is 6.59. The zero-order valence-electron chi connectivity index (χ0n) is 14.2. The highest BCUT2D eigenvalue weighted by molar-refractivity contribution is 6.09. The normalized spacial score (nSPS) is 10.6. The van der Waals surface area contributed by atoms with E-state index in [4.69, 9.17) is 0 Å². The van der Waals surface area contributed by atoms with E-state index >= 15 is 0 Å². The van der Waals surface area contributed by atoms with Gasteiger partial charge in [0.2, 0.25) is 0 Å². The third kappa shape index (κ3) is 4.85. The Morgan fingerprint density at radius 2 is 1.48 bits per heavy atom. The Kier molecular flexibility index (Phi) is 5.69. The van der Waals surface area contributed by atoms with Gasteiger partial charge in [-0.2, -0.15) is 5.10 Å². The van der Waals surface area contributed by atoms with Crippen LogP contribution in [0.3, 0.4) is 0 Å². The smallest absolute Gasteiger partial charge is 0.273 e. The van der Waals surface area contributed by atoms with Crippen LogP contribution < -0.4 is 10.7 Å². The highest BCUT2D eigenvalue weighted by Gasteiger charge is 2.13. The molecule has 3 aromatic rings. The molecule has 0 aliphatic carbocycles. The molecule has 3 rings (SSSR count). The van der Waals surface area contributed by atoms with Crippen molar-refractivity contribution in [1.29, 1.82) is 0 Å². The zero-order valence-corrected chi connectivity index (χ0v) is 14.2. The topological polar surface area (TPSA) is 70.6 Å². The van der Waals surface area contributed by atoms with Gasteiger partial charge in [-0.25, -0.2) is 9.82 Å². The van der Waals surface area contributed by atoms with Crippen LogP contribution in [-0.4, -0.2) is 18.0 Å². The molecule has 0 aliphatic rings. The molecule has 0 aromatic heterocycles. The van der Waals surface area contributed by atoms with Crippen molar-refractivity contribution in [3.8, 4) is 0 Å². The second kappa shape index (κ2) is 8.53. The maximum absolute atomic E-state index is 13.0. The molecule has 0 radical (unpaired) electrons. The van der Waals surface area contributed by atoms with E-state index < -0.39 is 17.6 Å². The molecule has 0 atom stereocenters. The number of benzene rings is 3. The van der Waals surface area contributed by atoms with Crippen LogP contribution in [-0.2, 0) is 0 Å². The van der Waals surface area contributed by atoms with Crippen molar-refractivity contribution in [2.24, 2.45) is 5.10 Å². The Bertz CT molecular complexity index is 970. The number of carbonyl (C=O) groups is 2. The molecule has 3 aromatic carbocycles. The lowest BCUT2D eigenvalue weighted by Gasteiger charge is -2.10. The minimum Gasteiger partial charge on any atom is -0.321 e. The first-order valence-electron chi connectivity index (χ1n) is 8.18. The SMILES string of the molecule is O=C(Nc1ccccc1C(=O)N/N=C/c1ccccc1)c1ccc(F)cc1. The van der Waals surface area contributed by atoms with E-state index in [1.807, 2.05) is 30.3 Å². The predicted molar refractivity (Wildman–Crippen MR) is 102 cm³/mol. The summed E-state index contributed by atoms with van der Waals surface area (Å²) < 4.78 is 13.0. The van der Waals surface area contributed by atoms with Gasteiger partial charge in [-0.3, -0.25) is 9.59 Å². The quantitative estimate of drug-likeness (QED) is 0.535. The third-order valence-electron chi connectivity index (χ3n) is 3.71. The van der Waals surface area contributed by atoms with Gasteiger partial charge in [-0.1, -0.05) is 42.5 Å². The van der Waals surface area contributed by atoms with Crippen molar-refractivity contribution in [2.75, 3.05) is 5.32 Å². The average Bonchev–Trinajstić information content (AvgIpc) is 2.69. The maximum atomic E-state index is 13.0. The lowest BCUT2D eigenvalue weighted by Crippen LogP contribution is -2.21. The summed E-state index contributed by atoms with van der Waals surface area (Å²) in [6.45, 7) is 0. The summed E-state index contributed by atoms with van der Waals surface area (Å²) in [4.78, 5) is 24.7. The number of nitrogens with one attached hydrogen (secondary N) is 2. The molecule has 6 heteroatoms. The van der Waals surface area contributed by atoms with Gasteiger partial charge in [0, 0.05) is 5.56 Å². The monoisotopic (exact) mass is 361 g/mol. The first-order chi connectivity index (χ1) is 13.1. The average molecular weight is 361 g/mol. The molecule has 0 heterocycles. The second-order valence-electron chi connectivity index (χ2n) is 5.62. The number of anilines is 1. The Morgan fingerprint density at radius 3 is 2.22 bits per heavy atom. The number of halogens is 1. The predicted octanol–water partition coefficient (Wildman–Crippen LogP) is 3.84. The number of carbonyl (C=O) groups excluding carboxylic acids is 2. The first-order valence-corrected chi connectivity index (χ1v) is 8.18. The number of hydrogen-bond acceptors (Lipinski definition) is 3. The molecule has 27 heavy (non-hydrogen) atoms. The molecular formula is C21H16FN3O2. The van der Waals surface area contributed by atoms with Crippen LogP contribution in [0.25, 0.3) is 0 Å². The maximum Gasteiger partial charge on any atom is 0.273 e. The van der Waals surface area contributed by atoms with Crippen molar-refractivity contribution >= 4 is 23.7 Å². The molecular weight excluding hydrogens is 345 g/mol. The summed E-state index contributed by atoms with van der Waals surface area (Å²) in [7, 11) is 0. The fourth-order valence-corrected chi connectivity index (χ4v) is 2.35. The minimum atomic E-state index is -0.461. The highest BCUT2D eigenvalue weighted by atomic mass is 19.1. The van der Waals surface area contributed by atoms with Crippen LogP contribution in [0.4, 0.5) is 10.1 Å². The van der Waals surface area contributed by atoms with E-state index in [1.165, 1.54) is 30.5 Å². The number of para-hydroxylation sites is 1. The van der Waals surface area contributed by atoms with E-state index in [2.05, 4.69) is 15.8 Å². The highest BCUT2D eigenvalue weighted by Crippen LogP contribution is 2.16. The largest absolute Gasteiger partial charge is 0.321 e. The van der Waals surface area contributed by atoms with Crippen molar-refractivity contribution < 1.29 is 14.0 Å². The zero-order chi connectivity index (χ0) is 19.1. The number of hydrogen-bond donors (Lipinski definition) is 2. The van der Waals surface area contributed by atoms with Gasteiger partial charge in [0.15, 0.2) is 0 Å². The van der Waals surface area contributed by atoms with E-state index in [9.17, 15) is 14.0 Å². The lowest BCUT2D eigenvalue weighted by atomic mass is 10.1. The van der Waals surface area contributed by atoms with E-state index in [1.54, 1.807) is 24.3 Å². The summed E-state index contributed by atoms with van der Waals surface area (Å²) >= 11 is 0. The van der Waals surface area contributed by atoms with Gasteiger partial charge in [-0.15, -0.1) is 0 Å². The number of amides is 2. The van der Waals surface area contributed by atoms with Crippen molar-refractivity contribution in [3.05, 3.63) is 101 Å². The molecule has 0 saturated carbocycles. The molecule has 5 nitrogen and oxygen atoms in total. The fourth-order valence-electron chi connectivity index (χ4n) is 2.35. The summed E-state index contributed by atoms with van der Waals surface area (Å²) in [5.41, 5.74) is 4.16. The molecule has 0 bridgehead atoms. The summed E-state index contributed by atoms with van der Waals surface area (Å²) in [5.74, 6) is -1.33. The number of hydrazone groups is 1. The summed E-state index contributed by atoms with van der Waals surface area (Å²) in [6, 6.07) is 21.0.